The summed E-state index contributed by atoms with van der Waals surface area (Å²) in [5.41, 5.74) is -0.447. The lowest BCUT2D eigenvalue weighted by Crippen LogP contribution is -2.43. The van der Waals surface area contributed by atoms with E-state index in [9.17, 15) is 4.79 Å². The van der Waals surface area contributed by atoms with Crippen molar-refractivity contribution in [3.63, 3.8) is 0 Å². The molecule has 0 saturated heterocycles. The van der Waals surface area contributed by atoms with Crippen LogP contribution in [0, 0.1) is 0 Å². The number of ether oxygens (including phenoxy) is 1. The first-order valence-corrected chi connectivity index (χ1v) is 8.84. The molecule has 1 fully saturated rings. The maximum absolute atomic E-state index is 11.8. The summed E-state index contributed by atoms with van der Waals surface area (Å²) in [5.74, 6) is 0. The van der Waals surface area contributed by atoms with Crippen LogP contribution in [0.2, 0.25) is 4.34 Å². The van der Waals surface area contributed by atoms with Crippen molar-refractivity contribution in [3.8, 4) is 0 Å². The van der Waals surface area contributed by atoms with E-state index < -0.39 is 5.60 Å². The van der Waals surface area contributed by atoms with Gasteiger partial charge in [0, 0.05) is 18.6 Å². The summed E-state index contributed by atoms with van der Waals surface area (Å²) >= 11 is 7.38. The second-order valence-corrected chi connectivity index (χ2v) is 8.38. The van der Waals surface area contributed by atoms with E-state index in [1.165, 1.54) is 11.3 Å². The van der Waals surface area contributed by atoms with Gasteiger partial charge in [0.1, 0.15) is 14.9 Å². The third kappa shape index (κ3) is 6.10. The first-order chi connectivity index (χ1) is 10.3. The van der Waals surface area contributed by atoms with Crippen LogP contribution in [0.4, 0.5) is 4.79 Å². The zero-order valence-corrected chi connectivity index (χ0v) is 14.9. The summed E-state index contributed by atoms with van der Waals surface area (Å²) in [6.07, 6.45) is 5.39. The molecule has 0 atom stereocenters. The molecule has 1 aliphatic rings. The van der Waals surface area contributed by atoms with E-state index in [-0.39, 0.29) is 12.1 Å². The number of rotatable bonds is 4. The molecular formula is C15H24ClN3O2S. The van der Waals surface area contributed by atoms with Crippen LogP contribution in [0.1, 0.15) is 51.5 Å². The highest BCUT2D eigenvalue weighted by Crippen LogP contribution is 2.21. The minimum absolute atomic E-state index is 0.210. The molecular weight excluding hydrogens is 322 g/mol. The molecule has 1 heterocycles. The number of nitrogens with one attached hydrogen (secondary N) is 2. The Bertz CT molecular complexity index is 493. The third-order valence-electron chi connectivity index (χ3n) is 3.52. The Morgan fingerprint density at radius 2 is 2.00 bits per heavy atom. The number of carbonyl (C=O) groups is 1. The van der Waals surface area contributed by atoms with E-state index in [2.05, 4.69) is 15.6 Å². The van der Waals surface area contributed by atoms with Crippen LogP contribution in [0.3, 0.4) is 0 Å². The summed E-state index contributed by atoms with van der Waals surface area (Å²) in [5, 5.41) is 7.48. The maximum Gasteiger partial charge on any atom is 0.407 e. The molecule has 2 N–H and O–H groups in total. The molecule has 1 saturated carbocycles. The van der Waals surface area contributed by atoms with Crippen molar-refractivity contribution in [3.05, 3.63) is 15.5 Å². The zero-order chi connectivity index (χ0) is 16.2. The van der Waals surface area contributed by atoms with E-state index in [1.54, 1.807) is 6.20 Å². The Morgan fingerprint density at radius 3 is 2.55 bits per heavy atom. The highest BCUT2D eigenvalue weighted by molar-refractivity contribution is 7.15. The van der Waals surface area contributed by atoms with Gasteiger partial charge in [0.25, 0.3) is 0 Å². The maximum atomic E-state index is 11.8. The highest BCUT2D eigenvalue weighted by atomic mass is 35.5. The number of amides is 1. The fraction of sp³-hybridized carbons (Fsp3) is 0.733. The van der Waals surface area contributed by atoms with Crippen LogP contribution in [0.5, 0.6) is 0 Å². The minimum atomic E-state index is -0.447. The Kier molecular flexibility index (Phi) is 6.06. The van der Waals surface area contributed by atoms with Crippen LogP contribution in [0.15, 0.2) is 6.20 Å². The van der Waals surface area contributed by atoms with E-state index in [0.29, 0.717) is 6.04 Å². The summed E-state index contributed by atoms with van der Waals surface area (Å²) < 4.78 is 6.01. The molecule has 0 aromatic carbocycles. The van der Waals surface area contributed by atoms with Gasteiger partial charge >= 0.3 is 6.09 Å². The average Bonchev–Trinajstić information content (AvgIpc) is 2.81. The Balaban J connectivity index is 1.66. The predicted octanol–water partition coefficient (Wildman–Crippen LogP) is 3.72. The van der Waals surface area contributed by atoms with E-state index in [0.717, 1.165) is 41.6 Å². The number of thiazole rings is 1. The second kappa shape index (κ2) is 7.62. The Hall–Kier alpha value is -0.850. The molecule has 124 valence electrons. The van der Waals surface area contributed by atoms with Gasteiger partial charge in [-0.15, -0.1) is 11.3 Å². The van der Waals surface area contributed by atoms with Gasteiger partial charge in [0.15, 0.2) is 0 Å². The standard InChI is InChI=1S/C15H24ClN3O2S/c1-15(2,3)21-14(20)19-11-6-4-10(5-7-11)17-9-13-18-8-12(16)22-13/h8,10-11,17H,4-7,9H2,1-3H3,(H,19,20). The van der Waals surface area contributed by atoms with Gasteiger partial charge in [-0.1, -0.05) is 11.6 Å². The second-order valence-electron chi connectivity index (χ2n) is 6.63. The molecule has 0 aliphatic heterocycles. The Labute approximate surface area is 140 Å². The summed E-state index contributed by atoms with van der Waals surface area (Å²) in [6.45, 7) is 6.38. The lowest BCUT2D eigenvalue weighted by Gasteiger charge is -2.30. The predicted molar refractivity (Wildman–Crippen MR) is 89.4 cm³/mol. The van der Waals surface area contributed by atoms with E-state index >= 15 is 0 Å². The van der Waals surface area contributed by atoms with Crippen LogP contribution >= 0.6 is 22.9 Å². The van der Waals surface area contributed by atoms with Gasteiger partial charge in [-0.3, -0.25) is 0 Å². The number of alkyl carbamates (subject to hydrolysis) is 1. The smallest absolute Gasteiger partial charge is 0.407 e. The average molecular weight is 346 g/mol. The molecule has 0 spiro atoms. The quantitative estimate of drug-likeness (QED) is 0.872. The lowest BCUT2D eigenvalue weighted by atomic mass is 9.91. The molecule has 1 aliphatic carbocycles. The van der Waals surface area contributed by atoms with Gasteiger partial charge < -0.3 is 15.4 Å². The first kappa shape index (κ1) is 17.5. The molecule has 0 bridgehead atoms. The van der Waals surface area contributed by atoms with Crippen molar-refractivity contribution in [2.45, 2.75) is 70.7 Å². The van der Waals surface area contributed by atoms with Crippen molar-refractivity contribution in [2.75, 3.05) is 0 Å². The summed E-state index contributed by atoms with van der Waals surface area (Å²) in [6, 6.07) is 0.682. The molecule has 7 heteroatoms. The normalized spacial score (nSPS) is 22.4. The van der Waals surface area contributed by atoms with Gasteiger partial charge in [-0.25, -0.2) is 9.78 Å². The van der Waals surface area contributed by atoms with Crippen LogP contribution in [0.25, 0.3) is 0 Å². The SMILES string of the molecule is CC(C)(C)OC(=O)NC1CCC(NCc2ncc(Cl)s2)CC1. The largest absolute Gasteiger partial charge is 0.444 e. The molecule has 0 radical (unpaired) electrons. The summed E-state index contributed by atoms with van der Waals surface area (Å²) in [4.78, 5) is 16.0. The zero-order valence-electron chi connectivity index (χ0n) is 13.3. The minimum Gasteiger partial charge on any atom is -0.444 e. The molecule has 0 unspecified atom stereocenters. The van der Waals surface area contributed by atoms with Crippen LogP contribution in [-0.4, -0.2) is 28.8 Å². The number of nitrogens with zero attached hydrogens (tertiary/aromatic N) is 1. The molecule has 22 heavy (non-hydrogen) atoms. The monoisotopic (exact) mass is 345 g/mol. The Morgan fingerprint density at radius 1 is 1.36 bits per heavy atom. The van der Waals surface area contributed by atoms with Crippen molar-refractivity contribution in [2.24, 2.45) is 0 Å². The van der Waals surface area contributed by atoms with Crippen molar-refractivity contribution >= 4 is 29.0 Å². The molecule has 1 amide bonds. The van der Waals surface area contributed by atoms with E-state index in [4.69, 9.17) is 16.3 Å². The third-order valence-corrected chi connectivity index (χ3v) is 4.63. The number of hydrogen-bond acceptors (Lipinski definition) is 5. The fourth-order valence-corrected chi connectivity index (χ4v) is 3.42. The van der Waals surface area contributed by atoms with E-state index in [1.807, 2.05) is 20.8 Å². The van der Waals surface area contributed by atoms with Gasteiger partial charge in [0.2, 0.25) is 0 Å². The first-order valence-electron chi connectivity index (χ1n) is 7.65. The highest BCUT2D eigenvalue weighted by Gasteiger charge is 2.24. The van der Waals surface area contributed by atoms with Crippen molar-refractivity contribution in [1.29, 1.82) is 0 Å². The molecule has 1 aromatic heterocycles. The van der Waals surface area contributed by atoms with Crippen LogP contribution in [-0.2, 0) is 11.3 Å². The van der Waals surface area contributed by atoms with Crippen molar-refractivity contribution < 1.29 is 9.53 Å². The van der Waals surface area contributed by atoms with Gasteiger partial charge in [0.05, 0.1) is 6.20 Å². The number of hydrogen-bond donors (Lipinski definition) is 2. The topological polar surface area (TPSA) is 63.2 Å². The number of carbonyl (C=O) groups excluding carboxylic acids is 1. The lowest BCUT2D eigenvalue weighted by molar-refractivity contribution is 0.0490. The molecule has 5 nitrogen and oxygen atoms in total. The van der Waals surface area contributed by atoms with Gasteiger partial charge in [-0.05, 0) is 46.5 Å². The fourth-order valence-electron chi connectivity index (χ4n) is 2.52. The van der Waals surface area contributed by atoms with Crippen molar-refractivity contribution in [1.82, 2.24) is 15.6 Å². The number of aromatic nitrogens is 1. The summed E-state index contributed by atoms with van der Waals surface area (Å²) in [7, 11) is 0. The van der Waals surface area contributed by atoms with Gasteiger partial charge in [-0.2, -0.15) is 0 Å². The molecule has 1 aromatic rings. The van der Waals surface area contributed by atoms with Crippen LogP contribution < -0.4 is 10.6 Å². The number of halogens is 1. The molecule has 2 rings (SSSR count).